The molecule has 34 heavy (non-hydrogen) atoms. The van der Waals surface area contributed by atoms with Gasteiger partial charge in [0.05, 0.1) is 17.6 Å². The van der Waals surface area contributed by atoms with E-state index < -0.39 is 5.92 Å². The highest BCUT2D eigenvalue weighted by Gasteiger charge is 2.23. The van der Waals surface area contributed by atoms with Gasteiger partial charge in [0.1, 0.15) is 0 Å². The standard InChI is InChI=1S/C26H23F2N5O/c1-26(27,28)23-9-5-20(6-10-23)4-7-21-18-22(8-11-24(21)33-16-3-13-31-33)25(34)30-12-2-15-32-17-14-29-19-32/h3,5-6,8-11,13-14,16-19H,2,12,15H2,1H3,(H,30,34). The fourth-order valence-corrected chi connectivity index (χ4v) is 3.36. The Hall–Kier alpha value is -4.25. The summed E-state index contributed by atoms with van der Waals surface area (Å²) in [5.41, 5.74) is 2.31. The van der Waals surface area contributed by atoms with Crippen LogP contribution in [0.4, 0.5) is 8.78 Å². The number of amides is 1. The molecule has 0 aliphatic heterocycles. The molecule has 0 saturated heterocycles. The van der Waals surface area contributed by atoms with Crippen molar-refractivity contribution >= 4 is 5.91 Å². The van der Waals surface area contributed by atoms with Crippen molar-refractivity contribution in [3.8, 4) is 17.5 Å². The van der Waals surface area contributed by atoms with Crippen LogP contribution in [0, 0.1) is 11.8 Å². The number of nitrogens with zero attached hydrogens (tertiary/aromatic N) is 4. The molecule has 4 aromatic rings. The van der Waals surface area contributed by atoms with Crippen LogP contribution in [0.15, 0.2) is 79.6 Å². The highest BCUT2D eigenvalue weighted by atomic mass is 19.3. The zero-order valence-electron chi connectivity index (χ0n) is 18.6. The largest absolute Gasteiger partial charge is 0.352 e. The molecule has 2 aromatic carbocycles. The number of carbonyl (C=O) groups is 1. The summed E-state index contributed by atoms with van der Waals surface area (Å²) in [4.78, 5) is 16.7. The second-order valence-electron chi connectivity index (χ2n) is 7.81. The molecule has 2 heterocycles. The van der Waals surface area contributed by atoms with Gasteiger partial charge < -0.3 is 9.88 Å². The first kappa shape index (κ1) is 22.9. The molecule has 1 amide bonds. The average Bonchev–Trinajstić information content (AvgIpc) is 3.54. The van der Waals surface area contributed by atoms with E-state index in [9.17, 15) is 13.6 Å². The van der Waals surface area contributed by atoms with Crippen molar-refractivity contribution in [1.29, 1.82) is 0 Å². The van der Waals surface area contributed by atoms with E-state index in [0.717, 1.165) is 19.9 Å². The molecule has 0 fully saturated rings. The molecule has 6 nitrogen and oxygen atoms in total. The molecule has 4 rings (SSSR count). The quantitative estimate of drug-likeness (QED) is 0.329. The van der Waals surface area contributed by atoms with Crippen molar-refractivity contribution in [3.63, 3.8) is 0 Å². The van der Waals surface area contributed by atoms with Crippen molar-refractivity contribution in [3.05, 3.63) is 102 Å². The lowest BCUT2D eigenvalue weighted by molar-refractivity contribution is 0.0174. The predicted molar refractivity (Wildman–Crippen MR) is 125 cm³/mol. The van der Waals surface area contributed by atoms with E-state index in [1.165, 1.54) is 12.1 Å². The summed E-state index contributed by atoms with van der Waals surface area (Å²) < 4.78 is 30.5. The molecule has 0 radical (unpaired) electrons. The molecule has 2 aromatic heterocycles. The summed E-state index contributed by atoms with van der Waals surface area (Å²) in [6.45, 7) is 2.14. The topological polar surface area (TPSA) is 64.7 Å². The van der Waals surface area contributed by atoms with Crippen LogP contribution in [0.5, 0.6) is 0 Å². The Morgan fingerprint density at radius 1 is 1.09 bits per heavy atom. The van der Waals surface area contributed by atoms with Gasteiger partial charge in [0, 0.05) is 61.5 Å². The second kappa shape index (κ2) is 10.1. The van der Waals surface area contributed by atoms with Crippen molar-refractivity contribution < 1.29 is 13.6 Å². The molecule has 0 aliphatic carbocycles. The molecular formula is C26H23F2N5O. The van der Waals surface area contributed by atoms with E-state index in [4.69, 9.17) is 0 Å². The molecule has 0 unspecified atom stereocenters. The van der Waals surface area contributed by atoms with E-state index in [1.54, 1.807) is 66.0 Å². The van der Waals surface area contributed by atoms with Gasteiger partial charge in [-0.05, 0) is 42.8 Å². The Labute approximate surface area is 196 Å². The Morgan fingerprint density at radius 2 is 1.91 bits per heavy atom. The van der Waals surface area contributed by atoms with Gasteiger partial charge in [0.15, 0.2) is 0 Å². The molecule has 0 aliphatic rings. The van der Waals surface area contributed by atoms with Gasteiger partial charge in [-0.25, -0.2) is 18.4 Å². The minimum atomic E-state index is -2.90. The number of alkyl halides is 2. The van der Waals surface area contributed by atoms with Crippen LogP contribution in [-0.4, -0.2) is 31.8 Å². The molecule has 0 atom stereocenters. The van der Waals surface area contributed by atoms with Crippen molar-refractivity contribution in [2.45, 2.75) is 25.8 Å². The summed E-state index contributed by atoms with van der Waals surface area (Å²) in [6.07, 6.45) is 9.54. The summed E-state index contributed by atoms with van der Waals surface area (Å²) in [6, 6.07) is 12.9. The van der Waals surface area contributed by atoms with Crippen LogP contribution in [0.3, 0.4) is 0 Å². The number of carbonyl (C=O) groups excluding carboxylic acids is 1. The third kappa shape index (κ3) is 5.75. The lowest BCUT2D eigenvalue weighted by atomic mass is 10.1. The first-order chi connectivity index (χ1) is 16.4. The first-order valence-electron chi connectivity index (χ1n) is 10.8. The molecule has 172 valence electrons. The number of benzene rings is 2. The van der Waals surface area contributed by atoms with Crippen LogP contribution in [0.25, 0.3) is 5.69 Å². The number of imidazole rings is 1. The summed E-state index contributed by atoms with van der Waals surface area (Å²) >= 11 is 0. The molecule has 8 heteroatoms. The van der Waals surface area contributed by atoms with Crippen molar-refractivity contribution in [1.82, 2.24) is 24.6 Å². The number of hydrogen-bond acceptors (Lipinski definition) is 3. The van der Waals surface area contributed by atoms with Gasteiger partial charge in [0.25, 0.3) is 11.8 Å². The number of aromatic nitrogens is 4. The van der Waals surface area contributed by atoms with Crippen LogP contribution in [0.2, 0.25) is 0 Å². The summed E-state index contributed by atoms with van der Waals surface area (Å²) in [7, 11) is 0. The highest BCUT2D eigenvalue weighted by molar-refractivity contribution is 5.95. The van der Waals surface area contributed by atoms with E-state index >= 15 is 0 Å². The number of rotatable bonds is 7. The van der Waals surface area contributed by atoms with Crippen LogP contribution >= 0.6 is 0 Å². The third-order valence-electron chi connectivity index (χ3n) is 5.18. The zero-order valence-corrected chi connectivity index (χ0v) is 18.6. The lowest BCUT2D eigenvalue weighted by Gasteiger charge is -2.10. The minimum Gasteiger partial charge on any atom is -0.352 e. The first-order valence-corrected chi connectivity index (χ1v) is 10.8. The van der Waals surface area contributed by atoms with Crippen LogP contribution in [0.1, 0.15) is 40.4 Å². The molecule has 0 bridgehead atoms. The third-order valence-corrected chi connectivity index (χ3v) is 5.18. The molecule has 0 saturated carbocycles. The normalized spacial score (nSPS) is 11.0. The van der Waals surface area contributed by atoms with E-state index in [-0.39, 0.29) is 11.5 Å². The lowest BCUT2D eigenvalue weighted by Crippen LogP contribution is -2.25. The SMILES string of the molecule is CC(F)(F)c1ccc(C#Cc2cc(C(=O)NCCCn3ccnc3)ccc2-n2cccn2)cc1. The Balaban J connectivity index is 1.52. The number of halogens is 2. The average molecular weight is 460 g/mol. The van der Waals surface area contributed by atoms with Gasteiger partial charge >= 0.3 is 0 Å². The maximum absolute atomic E-state index is 13.5. The van der Waals surface area contributed by atoms with Gasteiger partial charge in [-0.3, -0.25) is 4.79 Å². The Bertz CT molecular complexity index is 1300. The maximum atomic E-state index is 13.5. The van der Waals surface area contributed by atoms with Crippen LogP contribution < -0.4 is 5.32 Å². The molecular weight excluding hydrogens is 436 g/mol. The van der Waals surface area contributed by atoms with Crippen LogP contribution in [-0.2, 0) is 12.5 Å². The monoisotopic (exact) mass is 459 g/mol. The zero-order chi connectivity index (χ0) is 24.0. The smallest absolute Gasteiger partial charge is 0.270 e. The van der Waals surface area contributed by atoms with Gasteiger partial charge in [-0.1, -0.05) is 24.0 Å². The predicted octanol–water partition coefficient (Wildman–Crippen LogP) is 4.40. The fourth-order valence-electron chi connectivity index (χ4n) is 3.36. The van der Waals surface area contributed by atoms with Crippen molar-refractivity contribution in [2.24, 2.45) is 0 Å². The second-order valence-corrected chi connectivity index (χ2v) is 7.81. The minimum absolute atomic E-state index is 0.0676. The van der Waals surface area contributed by atoms with E-state index in [2.05, 4.69) is 27.2 Å². The van der Waals surface area contributed by atoms with Gasteiger partial charge in [-0.15, -0.1) is 0 Å². The maximum Gasteiger partial charge on any atom is 0.270 e. The highest BCUT2D eigenvalue weighted by Crippen LogP contribution is 2.26. The summed E-state index contributed by atoms with van der Waals surface area (Å²) in [5.74, 6) is 2.97. The molecule has 0 spiro atoms. The van der Waals surface area contributed by atoms with Crippen molar-refractivity contribution in [2.75, 3.05) is 6.54 Å². The fraction of sp³-hybridized carbons (Fsp3) is 0.192. The van der Waals surface area contributed by atoms with E-state index in [1.807, 2.05) is 10.8 Å². The van der Waals surface area contributed by atoms with Gasteiger partial charge in [-0.2, -0.15) is 5.10 Å². The Morgan fingerprint density at radius 3 is 2.59 bits per heavy atom. The van der Waals surface area contributed by atoms with E-state index in [0.29, 0.717) is 28.9 Å². The number of aryl methyl sites for hydroxylation is 1. The Kier molecular flexibility index (Phi) is 6.83. The number of nitrogens with one attached hydrogen (secondary N) is 1. The number of hydrogen-bond donors (Lipinski definition) is 1. The van der Waals surface area contributed by atoms with Gasteiger partial charge in [0.2, 0.25) is 0 Å². The molecule has 1 N–H and O–H groups in total. The summed E-state index contributed by atoms with van der Waals surface area (Å²) in [5, 5.41) is 7.18.